The van der Waals surface area contributed by atoms with Crippen LogP contribution in [0, 0.1) is 5.92 Å². The summed E-state index contributed by atoms with van der Waals surface area (Å²) in [6.45, 7) is 1.90. The smallest absolute Gasteiger partial charge is 0.227 e. The van der Waals surface area contributed by atoms with E-state index in [1.807, 2.05) is 30.5 Å². The predicted octanol–water partition coefficient (Wildman–Crippen LogP) is 3.46. The fourth-order valence-corrected chi connectivity index (χ4v) is 4.19. The highest BCUT2D eigenvalue weighted by molar-refractivity contribution is 6.00. The SMILES string of the molecule is COc1ncnc2ccc(-c3c[nH]c4ncc(NC(=O)C5CCN(C)CC5)cc34)cc12. The fraction of sp³-hybridized carbons (Fsp3) is 0.304. The number of nitrogens with one attached hydrogen (secondary N) is 2. The monoisotopic (exact) mass is 416 g/mol. The lowest BCUT2D eigenvalue weighted by atomic mass is 9.96. The van der Waals surface area contributed by atoms with Crippen molar-refractivity contribution >= 4 is 33.5 Å². The molecule has 1 aliphatic rings. The number of pyridine rings is 1. The number of piperidine rings is 1. The Balaban J connectivity index is 1.47. The molecule has 0 unspecified atom stereocenters. The first-order valence-electron chi connectivity index (χ1n) is 10.4. The Labute approximate surface area is 179 Å². The van der Waals surface area contributed by atoms with Crippen molar-refractivity contribution in [3.8, 4) is 17.0 Å². The third-order valence-electron chi connectivity index (χ3n) is 5.99. The van der Waals surface area contributed by atoms with E-state index >= 15 is 0 Å². The van der Waals surface area contributed by atoms with E-state index in [4.69, 9.17) is 4.74 Å². The number of methoxy groups -OCH3 is 1. The largest absolute Gasteiger partial charge is 0.480 e. The Morgan fingerprint density at radius 2 is 2.00 bits per heavy atom. The van der Waals surface area contributed by atoms with Gasteiger partial charge >= 0.3 is 0 Å². The van der Waals surface area contributed by atoms with Gasteiger partial charge in [0.1, 0.15) is 12.0 Å². The van der Waals surface area contributed by atoms with Crippen molar-refractivity contribution in [2.75, 3.05) is 32.6 Å². The fourth-order valence-electron chi connectivity index (χ4n) is 4.19. The van der Waals surface area contributed by atoms with Crippen LogP contribution in [0.2, 0.25) is 0 Å². The number of fused-ring (bicyclic) bond motifs is 2. The standard InChI is InChI=1S/C23H24N6O2/c1-29-7-5-14(6-8-29)22(30)28-16-10-17-19(12-25-21(17)24-11-16)15-3-4-20-18(9-15)23(31-2)27-13-26-20/h3-4,9-14H,5-8H2,1-2H3,(H,24,25)(H,28,30). The van der Waals surface area contributed by atoms with Crippen molar-refractivity contribution in [3.05, 3.63) is 43.0 Å². The predicted molar refractivity (Wildman–Crippen MR) is 120 cm³/mol. The van der Waals surface area contributed by atoms with Gasteiger partial charge in [0.2, 0.25) is 11.8 Å². The number of rotatable bonds is 4. The molecule has 1 amide bonds. The first-order valence-corrected chi connectivity index (χ1v) is 10.4. The molecule has 158 valence electrons. The summed E-state index contributed by atoms with van der Waals surface area (Å²) < 4.78 is 5.39. The van der Waals surface area contributed by atoms with Gasteiger partial charge < -0.3 is 19.9 Å². The number of hydrogen-bond donors (Lipinski definition) is 2. The molecule has 1 fully saturated rings. The maximum absolute atomic E-state index is 12.7. The van der Waals surface area contributed by atoms with E-state index in [9.17, 15) is 4.79 Å². The summed E-state index contributed by atoms with van der Waals surface area (Å²) >= 11 is 0. The van der Waals surface area contributed by atoms with Crippen molar-refractivity contribution in [1.29, 1.82) is 0 Å². The van der Waals surface area contributed by atoms with Gasteiger partial charge in [0.05, 0.1) is 29.9 Å². The van der Waals surface area contributed by atoms with E-state index in [1.165, 1.54) is 6.33 Å². The first kappa shape index (κ1) is 19.4. The molecular formula is C23H24N6O2. The van der Waals surface area contributed by atoms with Crippen LogP contribution < -0.4 is 10.1 Å². The Hall–Kier alpha value is -3.52. The maximum Gasteiger partial charge on any atom is 0.227 e. The minimum Gasteiger partial charge on any atom is -0.480 e. The summed E-state index contributed by atoms with van der Waals surface area (Å²) in [5.74, 6) is 0.653. The normalized spacial score (nSPS) is 15.4. The van der Waals surface area contributed by atoms with Gasteiger partial charge in [-0.25, -0.2) is 15.0 Å². The Morgan fingerprint density at radius 3 is 2.81 bits per heavy atom. The number of ether oxygens (including phenoxy) is 1. The number of likely N-dealkylation sites (tertiary alicyclic amines) is 1. The average Bonchev–Trinajstić information content (AvgIpc) is 3.22. The number of nitrogens with zero attached hydrogens (tertiary/aromatic N) is 4. The zero-order chi connectivity index (χ0) is 21.4. The van der Waals surface area contributed by atoms with Crippen LogP contribution in [-0.4, -0.2) is 58.0 Å². The van der Waals surface area contributed by atoms with E-state index < -0.39 is 0 Å². The molecule has 4 aromatic rings. The van der Waals surface area contributed by atoms with Crippen LogP contribution >= 0.6 is 0 Å². The highest BCUT2D eigenvalue weighted by Crippen LogP contribution is 2.33. The van der Waals surface area contributed by atoms with Crippen LogP contribution in [0.1, 0.15) is 12.8 Å². The van der Waals surface area contributed by atoms with Gasteiger partial charge in [-0.3, -0.25) is 4.79 Å². The molecule has 8 nitrogen and oxygen atoms in total. The van der Waals surface area contributed by atoms with Gasteiger partial charge in [-0.1, -0.05) is 6.07 Å². The summed E-state index contributed by atoms with van der Waals surface area (Å²) in [4.78, 5) is 31.2. The molecule has 8 heteroatoms. The molecule has 5 rings (SSSR count). The van der Waals surface area contributed by atoms with Gasteiger partial charge in [-0.2, -0.15) is 0 Å². The summed E-state index contributed by atoms with van der Waals surface area (Å²) in [5.41, 5.74) is 4.28. The second kappa shape index (κ2) is 7.96. The minimum absolute atomic E-state index is 0.0468. The van der Waals surface area contributed by atoms with Crippen LogP contribution in [0.15, 0.2) is 43.0 Å². The van der Waals surface area contributed by atoms with Crippen LogP contribution in [0.25, 0.3) is 33.1 Å². The third-order valence-corrected chi connectivity index (χ3v) is 5.99. The lowest BCUT2D eigenvalue weighted by Gasteiger charge is -2.28. The van der Waals surface area contributed by atoms with Gasteiger partial charge in [-0.15, -0.1) is 0 Å². The van der Waals surface area contributed by atoms with Crippen molar-refractivity contribution in [1.82, 2.24) is 24.8 Å². The lowest BCUT2D eigenvalue weighted by molar-refractivity contribution is -0.121. The maximum atomic E-state index is 12.7. The zero-order valence-electron chi connectivity index (χ0n) is 17.6. The third kappa shape index (κ3) is 3.70. The van der Waals surface area contributed by atoms with Crippen LogP contribution in [-0.2, 0) is 4.79 Å². The quantitative estimate of drug-likeness (QED) is 0.529. The van der Waals surface area contributed by atoms with E-state index in [0.29, 0.717) is 11.6 Å². The zero-order valence-corrected chi connectivity index (χ0v) is 17.6. The number of hydrogen-bond acceptors (Lipinski definition) is 6. The minimum atomic E-state index is 0.0468. The molecule has 0 spiro atoms. The molecule has 0 saturated carbocycles. The van der Waals surface area contributed by atoms with E-state index in [0.717, 1.165) is 59.0 Å². The van der Waals surface area contributed by atoms with Crippen molar-refractivity contribution in [2.45, 2.75) is 12.8 Å². The van der Waals surface area contributed by atoms with E-state index in [-0.39, 0.29) is 11.8 Å². The molecular weight excluding hydrogens is 392 g/mol. The van der Waals surface area contributed by atoms with Crippen LogP contribution in [0.4, 0.5) is 5.69 Å². The molecule has 1 aliphatic heterocycles. The highest BCUT2D eigenvalue weighted by Gasteiger charge is 2.23. The van der Waals surface area contributed by atoms with Crippen molar-refractivity contribution in [3.63, 3.8) is 0 Å². The molecule has 3 aromatic heterocycles. The number of amides is 1. The second-order valence-electron chi connectivity index (χ2n) is 8.00. The molecule has 0 atom stereocenters. The molecule has 31 heavy (non-hydrogen) atoms. The summed E-state index contributed by atoms with van der Waals surface area (Å²) in [7, 11) is 3.69. The number of aromatic amines is 1. The van der Waals surface area contributed by atoms with Crippen LogP contribution in [0.5, 0.6) is 5.88 Å². The van der Waals surface area contributed by atoms with Gasteiger partial charge in [0, 0.05) is 23.1 Å². The molecule has 0 aliphatic carbocycles. The van der Waals surface area contributed by atoms with Gasteiger partial charge in [0.15, 0.2) is 0 Å². The molecule has 0 radical (unpaired) electrons. The van der Waals surface area contributed by atoms with Crippen molar-refractivity contribution < 1.29 is 9.53 Å². The average molecular weight is 416 g/mol. The molecule has 1 saturated heterocycles. The Kier molecular flexibility index (Phi) is 4.99. The summed E-state index contributed by atoms with van der Waals surface area (Å²) in [5, 5.41) is 4.85. The number of anilines is 1. The first-order chi connectivity index (χ1) is 15.1. The van der Waals surface area contributed by atoms with Gasteiger partial charge in [-0.05, 0) is 56.7 Å². The number of H-pyrrole nitrogens is 1. The summed E-state index contributed by atoms with van der Waals surface area (Å²) in [6.07, 6.45) is 6.89. The Bertz CT molecular complexity index is 1260. The van der Waals surface area contributed by atoms with Crippen molar-refractivity contribution in [2.24, 2.45) is 5.92 Å². The van der Waals surface area contributed by atoms with E-state index in [1.54, 1.807) is 13.3 Å². The highest BCUT2D eigenvalue weighted by atomic mass is 16.5. The molecule has 4 heterocycles. The van der Waals surface area contributed by atoms with Crippen LogP contribution in [0.3, 0.4) is 0 Å². The topological polar surface area (TPSA) is 96.0 Å². The Morgan fingerprint density at radius 1 is 1.16 bits per heavy atom. The number of carbonyl (C=O) groups excluding carboxylic acids is 1. The second-order valence-corrected chi connectivity index (χ2v) is 8.00. The van der Waals surface area contributed by atoms with E-state index in [2.05, 4.69) is 37.2 Å². The number of benzene rings is 1. The summed E-state index contributed by atoms with van der Waals surface area (Å²) in [6, 6.07) is 7.96. The molecule has 0 bridgehead atoms. The van der Waals surface area contributed by atoms with Gasteiger partial charge in [0.25, 0.3) is 0 Å². The lowest BCUT2D eigenvalue weighted by Crippen LogP contribution is -2.35. The number of aromatic nitrogens is 4. The molecule has 2 N–H and O–H groups in total. The molecule has 1 aromatic carbocycles. The number of carbonyl (C=O) groups is 1.